The van der Waals surface area contributed by atoms with E-state index in [1.165, 1.54) is 12.3 Å². The molecule has 1 aromatic heterocycles. The number of halogens is 3. The van der Waals surface area contributed by atoms with Crippen molar-refractivity contribution in [3.8, 4) is 5.75 Å². The average Bonchev–Trinajstić information content (AvgIpc) is 2.34. The van der Waals surface area contributed by atoms with Gasteiger partial charge in [0.15, 0.2) is 15.5 Å². The van der Waals surface area contributed by atoms with E-state index >= 15 is 0 Å². The molecule has 1 aromatic rings. The molecule has 0 N–H and O–H groups in total. The van der Waals surface area contributed by atoms with Gasteiger partial charge in [0.25, 0.3) is 0 Å². The largest absolute Gasteiger partial charge is 0.534 e. The fourth-order valence-electron chi connectivity index (χ4n) is 1.45. The summed E-state index contributed by atoms with van der Waals surface area (Å²) in [5, 5.41) is 0.0262. The molecule has 0 aromatic carbocycles. The van der Waals surface area contributed by atoms with E-state index in [-0.39, 0.29) is 5.04 Å². The van der Waals surface area contributed by atoms with Crippen LogP contribution >= 0.6 is 0 Å². The first-order valence-electron chi connectivity index (χ1n) is 6.74. The van der Waals surface area contributed by atoms with Crippen LogP contribution in [0.4, 0.5) is 13.2 Å². The van der Waals surface area contributed by atoms with E-state index in [1.54, 1.807) is 13.8 Å². The van der Waals surface area contributed by atoms with E-state index < -0.39 is 36.7 Å². The molecule has 0 saturated carbocycles. The smallest absolute Gasteiger partial charge is 0.414 e. The molecule has 0 spiro atoms. The summed E-state index contributed by atoms with van der Waals surface area (Å²) in [7, 11) is -6.65. The Morgan fingerprint density at radius 1 is 1.09 bits per heavy atom. The molecule has 0 bridgehead atoms. The molecule has 0 unspecified atom stereocenters. The van der Waals surface area contributed by atoms with Crippen molar-refractivity contribution in [2.75, 3.05) is 0 Å². The maximum Gasteiger partial charge on any atom is 0.534 e. The predicted molar refractivity (Wildman–Crippen MR) is 82.2 cm³/mol. The zero-order valence-corrected chi connectivity index (χ0v) is 15.8. The van der Waals surface area contributed by atoms with Crippen molar-refractivity contribution in [2.45, 2.75) is 50.8 Å². The van der Waals surface area contributed by atoms with Gasteiger partial charge < -0.3 is 8.61 Å². The van der Waals surface area contributed by atoms with Crippen molar-refractivity contribution >= 4 is 19.9 Å². The number of rotatable bonds is 5. The Kier molecular flexibility index (Phi) is 5.54. The summed E-state index contributed by atoms with van der Waals surface area (Å²) in [5.41, 5.74) is -5.87. The second-order valence-electron chi connectivity index (χ2n) is 6.75. The fraction of sp³-hybridized carbons (Fsp3) is 0.615. The van der Waals surface area contributed by atoms with Crippen molar-refractivity contribution in [3.05, 3.63) is 24.0 Å². The lowest BCUT2D eigenvalue weighted by atomic mass is 10.0. The Morgan fingerprint density at radius 2 is 1.65 bits per heavy atom. The maximum atomic E-state index is 12.4. The lowest BCUT2D eigenvalue weighted by Gasteiger charge is -2.30. The highest BCUT2D eigenvalue weighted by Gasteiger charge is 2.48. The summed E-state index contributed by atoms with van der Waals surface area (Å²) in [6.07, 6.45) is 2.31. The molecule has 0 aliphatic heterocycles. The molecule has 1 heterocycles. The van der Waals surface area contributed by atoms with Crippen molar-refractivity contribution in [3.63, 3.8) is 0 Å². The quantitative estimate of drug-likeness (QED) is 0.452. The van der Waals surface area contributed by atoms with Crippen molar-refractivity contribution in [1.29, 1.82) is 0 Å². The summed E-state index contributed by atoms with van der Waals surface area (Å²) in [6.45, 7) is 9.57. The van der Waals surface area contributed by atoms with Gasteiger partial charge in [-0.2, -0.15) is 21.6 Å². The Balaban J connectivity index is 3.01. The summed E-state index contributed by atoms with van der Waals surface area (Å²) < 4.78 is 69.1. The van der Waals surface area contributed by atoms with E-state index in [0.717, 1.165) is 6.20 Å². The fourth-order valence-corrected chi connectivity index (χ4v) is 2.85. The third-order valence-electron chi connectivity index (χ3n) is 2.76. The number of nitrogens with zero attached hydrogens (tertiary/aromatic N) is 1. The van der Waals surface area contributed by atoms with Gasteiger partial charge in [-0.3, -0.25) is 4.98 Å². The van der Waals surface area contributed by atoms with Gasteiger partial charge in [-0.05, 0) is 25.0 Å². The number of pyridine rings is 1. The maximum absolute atomic E-state index is 12.4. The van der Waals surface area contributed by atoms with Gasteiger partial charge in [0.1, 0.15) is 0 Å². The molecule has 0 fully saturated rings. The molecule has 0 atom stereocenters. The molecule has 0 amide bonds. The minimum absolute atomic E-state index is 0.0262. The predicted octanol–water partition coefficient (Wildman–Crippen LogP) is 2.86. The van der Waals surface area contributed by atoms with Gasteiger partial charge in [0.2, 0.25) is 0 Å². The molecule has 132 valence electrons. The third-order valence-corrected chi connectivity index (χ3v) is 5.47. The van der Waals surface area contributed by atoms with Crippen molar-refractivity contribution in [2.24, 2.45) is 0 Å². The lowest BCUT2D eigenvalue weighted by molar-refractivity contribution is -0.0500. The zero-order chi connectivity index (χ0) is 18.1. The van der Waals surface area contributed by atoms with Crippen LogP contribution in [0.5, 0.6) is 5.75 Å². The van der Waals surface area contributed by atoms with Gasteiger partial charge in [-0.15, -0.1) is 0 Å². The number of alkyl halides is 3. The lowest BCUT2D eigenvalue weighted by Crippen LogP contribution is -2.29. The molecule has 0 aliphatic rings. The first-order chi connectivity index (χ1) is 10.1. The Hall–Kier alpha value is -1.13. The highest BCUT2D eigenvalue weighted by molar-refractivity contribution is 7.87. The van der Waals surface area contributed by atoms with Gasteiger partial charge in [-0.1, -0.05) is 20.8 Å². The first kappa shape index (κ1) is 19.9. The minimum Gasteiger partial charge on any atom is -0.414 e. The summed E-state index contributed by atoms with van der Waals surface area (Å²) in [4.78, 5) is 3.74. The highest BCUT2D eigenvalue weighted by Crippen LogP contribution is 2.32. The van der Waals surface area contributed by atoms with Crippen LogP contribution in [0.2, 0.25) is 5.04 Å². The molecule has 0 saturated heterocycles. The Morgan fingerprint density at radius 3 is 2.13 bits per heavy atom. The normalized spacial score (nSPS) is 14.4. The van der Waals surface area contributed by atoms with E-state index in [9.17, 15) is 21.6 Å². The molecule has 0 aliphatic carbocycles. The monoisotopic (exact) mass is 371 g/mol. The number of hydrogen-bond donors (Lipinski definition) is 0. The van der Waals surface area contributed by atoms with Crippen LogP contribution in [-0.2, 0) is 20.1 Å². The third kappa shape index (κ3) is 5.77. The van der Waals surface area contributed by atoms with E-state index in [4.69, 9.17) is 4.43 Å². The van der Waals surface area contributed by atoms with Crippen LogP contribution in [0.25, 0.3) is 0 Å². The van der Waals surface area contributed by atoms with Crippen LogP contribution in [-0.4, -0.2) is 28.7 Å². The molecule has 1 rings (SSSR count). The average molecular weight is 371 g/mol. The molecular weight excluding hydrogens is 351 g/mol. The SMILES string of the molecule is CC(C)(C)[SiH2]OC(C)(C)c1cncc(OS(=O)(=O)C(F)(F)F)c1. The van der Waals surface area contributed by atoms with Crippen LogP contribution in [0.15, 0.2) is 18.5 Å². The van der Waals surface area contributed by atoms with Crippen LogP contribution < -0.4 is 4.18 Å². The molecular formula is C13H20F3NO4SSi. The van der Waals surface area contributed by atoms with Gasteiger partial charge in [-0.25, -0.2) is 0 Å². The van der Waals surface area contributed by atoms with Crippen molar-refractivity contribution < 1.29 is 30.2 Å². The topological polar surface area (TPSA) is 65.5 Å². The summed E-state index contributed by atoms with van der Waals surface area (Å²) in [6, 6.07) is 1.19. The second kappa shape index (κ2) is 6.40. The highest BCUT2D eigenvalue weighted by atomic mass is 32.2. The summed E-state index contributed by atoms with van der Waals surface area (Å²) in [5.74, 6) is -0.506. The van der Waals surface area contributed by atoms with Crippen LogP contribution in [0, 0.1) is 0 Å². The summed E-state index contributed by atoms with van der Waals surface area (Å²) >= 11 is 0. The zero-order valence-electron chi connectivity index (χ0n) is 13.6. The van der Waals surface area contributed by atoms with E-state index in [1.807, 2.05) is 20.8 Å². The second-order valence-corrected chi connectivity index (χ2v) is 11.0. The first-order valence-corrected chi connectivity index (χ1v) is 9.44. The molecule has 5 nitrogen and oxygen atoms in total. The van der Waals surface area contributed by atoms with Crippen LogP contribution in [0.3, 0.4) is 0 Å². The van der Waals surface area contributed by atoms with E-state index in [2.05, 4.69) is 9.17 Å². The number of hydrogen-bond acceptors (Lipinski definition) is 5. The standard InChI is InChI=1S/C13H20F3NO4SSi/c1-11(2,3)23-21-12(4,5)9-6-10(8-17-7-9)20-22(18,19)13(14,15)16/h6-8H,23H2,1-5H3. The van der Waals surface area contributed by atoms with Gasteiger partial charge in [0, 0.05) is 11.8 Å². The number of aromatic nitrogens is 1. The van der Waals surface area contributed by atoms with Gasteiger partial charge >= 0.3 is 15.6 Å². The molecule has 10 heteroatoms. The van der Waals surface area contributed by atoms with Crippen LogP contribution in [0.1, 0.15) is 40.2 Å². The Bertz CT molecular complexity index is 654. The minimum atomic E-state index is -5.72. The van der Waals surface area contributed by atoms with E-state index in [0.29, 0.717) is 5.56 Å². The molecule has 0 radical (unpaired) electrons. The van der Waals surface area contributed by atoms with Gasteiger partial charge in [0.05, 0.1) is 11.8 Å². The van der Waals surface area contributed by atoms with Crippen molar-refractivity contribution in [1.82, 2.24) is 4.98 Å². The Labute approximate surface area is 136 Å². The molecule has 23 heavy (non-hydrogen) atoms.